The first-order chi connectivity index (χ1) is 8.65. The van der Waals surface area contributed by atoms with Gasteiger partial charge in [0.2, 0.25) is 0 Å². The first-order valence-electron chi connectivity index (χ1n) is 5.47. The molecule has 0 aliphatic heterocycles. The number of nitrogen functional groups attached to an aromatic ring is 1. The van der Waals surface area contributed by atoms with E-state index >= 15 is 0 Å². The molecule has 0 heterocycles. The lowest BCUT2D eigenvalue weighted by molar-refractivity contribution is 0.306. The van der Waals surface area contributed by atoms with Gasteiger partial charge in [0.05, 0.1) is 0 Å². The van der Waals surface area contributed by atoms with Gasteiger partial charge in [0.25, 0.3) is 0 Å². The second kappa shape index (κ2) is 7.02. The van der Waals surface area contributed by atoms with Crippen molar-refractivity contribution in [2.24, 2.45) is 5.73 Å². The van der Waals surface area contributed by atoms with Crippen molar-refractivity contribution in [3.8, 4) is 5.75 Å². The molecule has 0 unspecified atom stereocenters. The Hall–Kier alpha value is -1.71. The number of nitrogens with one attached hydrogen (secondary N) is 1. The van der Waals surface area contributed by atoms with Crippen LogP contribution in [-0.2, 0) is 6.61 Å². The highest BCUT2D eigenvalue weighted by atomic mass is 35.5. The van der Waals surface area contributed by atoms with Crippen LogP contribution >= 0.6 is 24.0 Å². The molecule has 0 atom stereocenters. The fourth-order valence-corrected chi connectivity index (χ4v) is 1.60. The highest BCUT2D eigenvalue weighted by Crippen LogP contribution is 2.17. The maximum absolute atomic E-state index is 7.30. The van der Waals surface area contributed by atoms with E-state index in [0.717, 1.165) is 11.3 Å². The van der Waals surface area contributed by atoms with Crippen molar-refractivity contribution in [2.75, 3.05) is 0 Å². The topological polar surface area (TPSA) is 59.1 Å². The van der Waals surface area contributed by atoms with E-state index in [2.05, 4.69) is 0 Å². The van der Waals surface area contributed by atoms with Gasteiger partial charge in [0, 0.05) is 10.6 Å². The molecule has 0 saturated heterocycles. The van der Waals surface area contributed by atoms with Gasteiger partial charge in [0.1, 0.15) is 18.2 Å². The molecule has 100 valence electrons. The summed E-state index contributed by atoms with van der Waals surface area (Å²) in [7, 11) is 0. The molecule has 0 spiro atoms. The van der Waals surface area contributed by atoms with Crippen LogP contribution in [0.3, 0.4) is 0 Å². The summed E-state index contributed by atoms with van der Waals surface area (Å²) >= 11 is 5.79. The maximum Gasteiger partial charge on any atom is 0.122 e. The van der Waals surface area contributed by atoms with Crippen molar-refractivity contribution in [3.63, 3.8) is 0 Å². The van der Waals surface area contributed by atoms with Crippen LogP contribution in [0.15, 0.2) is 48.5 Å². The highest BCUT2D eigenvalue weighted by Gasteiger charge is 1.98. The molecule has 2 aromatic rings. The summed E-state index contributed by atoms with van der Waals surface area (Å²) in [6, 6.07) is 14.6. The third kappa shape index (κ3) is 4.47. The summed E-state index contributed by atoms with van der Waals surface area (Å²) < 4.78 is 5.60. The van der Waals surface area contributed by atoms with E-state index in [4.69, 9.17) is 27.5 Å². The molecule has 0 saturated carbocycles. The minimum absolute atomic E-state index is 0. The predicted molar refractivity (Wildman–Crippen MR) is 80.5 cm³/mol. The zero-order chi connectivity index (χ0) is 13.0. The number of hydrogen-bond acceptors (Lipinski definition) is 2. The second-order valence-corrected chi connectivity index (χ2v) is 4.29. The molecular formula is C14H14Cl2N2O. The van der Waals surface area contributed by atoms with Crippen molar-refractivity contribution in [1.29, 1.82) is 5.41 Å². The standard InChI is InChI=1S/C14H13ClN2O.ClH/c15-12-5-7-13(8-6-12)18-9-10-1-3-11(4-2-10)14(16)17;/h1-8H,9H2,(H3,16,17);1H. The fraction of sp³-hybridized carbons (Fsp3) is 0.0714. The first kappa shape index (κ1) is 15.3. The molecule has 0 amide bonds. The molecule has 3 N–H and O–H groups in total. The molecule has 5 heteroatoms. The van der Waals surface area contributed by atoms with Crippen LogP contribution < -0.4 is 10.5 Å². The van der Waals surface area contributed by atoms with Gasteiger partial charge in [-0.2, -0.15) is 0 Å². The smallest absolute Gasteiger partial charge is 0.122 e. The zero-order valence-electron chi connectivity index (χ0n) is 10.1. The van der Waals surface area contributed by atoms with Gasteiger partial charge in [-0.1, -0.05) is 35.9 Å². The van der Waals surface area contributed by atoms with Gasteiger partial charge >= 0.3 is 0 Å². The third-order valence-electron chi connectivity index (χ3n) is 2.48. The number of hydrogen-bond donors (Lipinski definition) is 2. The Bertz CT molecular complexity index is 538. The van der Waals surface area contributed by atoms with Crippen LogP contribution in [-0.4, -0.2) is 5.84 Å². The molecule has 19 heavy (non-hydrogen) atoms. The van der Waals surface area contributed by atoms with Crippen LogP contribution in [0, 0.1) is 5.41 Å². The molecule has 0 aliphatic rings. The number of nitrogens with two attached hydrogens (primary N) is 1. The lowest BCUT2D eigenvalue weighted by Gasteiger charge is -2.07. The molecule has 2 aromatic carbocycles. The van der Waals surface area contributed by atoms with Crippen LogP contribution in [0.1, 0.15) is 11.1 Å². The average Bonchev–Trinajstić information content (AvgIpc) is 2.38. The molecular weight excluding hydrogens is 283 g/mol. The fourth-order valence-electron chi connectivity index (χ4n) is 1.48. The number of rotatable bonds is 4. The van der Waals surface area contributed by atoms with Gasteiger partial charge in [-0.3, -0.25) is 5.41 Å². The maximum atomic E-state index is 7.30. The minimum Gasteiger partial charge on any atom is -0.489 e. The molecule has 2 rings (SSSR count). The van der Waals surface area contributed by atoms with E-state index < -0.39 is 0 Å². The normalized spacial score (nSPS) is 9.53. The number of ether oxygens (including phenoxy) is 1. The van der Waals surface area contributed by atoms with E-state index in [0.29, 0.717) is 17.2 Å². The van der Waals surface area contributed by atoms with E-state index in [1.54, 1.807) is 12.1 Å². The van der Waals surface area contributed by atoms with Crippen LogP contribution in [0.25, 0.3) is 0 Å². The second-order valence-electron chi connectivity index (χ2n) is 3.85. The summed E-state index contributed by atoms with van der Waals surface area (Å²) in [4.78, 5) is 0. The van der Waals surface area contributed by atoms with Crippen molar-refractivity contribution >= 4 is 29.8 Å². The third-order valence-corrected chi connectivity index (χ3v) is 2.74. The van der Waals surface area contributed by atoms with Gasteiger partial charge in [0.15, 0.2) is 0 Å². The summed E-state index contributed by atoms with van der Waals surface area (Å²) in [5.41, 5.74) is 7.12. The molecule has 0 bridgehead atoms. The van der Waals surface area contributed by atoms with Crippen LogP contribution in [0.4, 0.5) is 0 Å². The number of halogens is 2. The van der Waals surface area contributed by atoms with Crippen molar-refractivity contribution in [1.82, 2.24) is 0 Å². The number of benzene rings is 2. The van der Waals surface area contributed by atoms with Crippen molar-refractivity contribution in [3.05, 3.63) is 64.7 Å². The van der Waals surface area contributed by atoms with Gasteiger partial charge in [-0.15, -0.1) is 12.4 Å². The van der Waals surface area contributed by atoms with Gasteiger partial charge < -0.3 is 10.5 Å². The average molecular weight is 297 g/mol. The Morgan fingerprint density at radius 3 is 2.16 bits per heavy atom. The van der Waals surface area contributed by atoms with Crippen LogP contribution in [0.5, 0.6) is 5.75 Å². The zero-order valence-corrected chi connectivity index (χ0v) is 11.7. The lowest BCUT2D eigenvalue weighted by Crippen LogP contribution is -2.10. The van der Waals surface area contributed by atoms with E-state index in [1.807, 2.05) is 36.4 Å². The summed E-state index contributed by atoms with van der Waals surface area (Å²) in [5, 5.41) is 7.98. The molecule has 3 nitrogen and oxygen atoms in total. The monoisotopic (exact) mass is 296 g/mol. The van der Waals surface area contributed by atoms with E-state index in [9.17, 15) is 0 Å². The minimum atomic E-state index is 0. The SMILES string of the molecule is Cl.N=C(N)c1ccc(COc2ccc(Cl)cc2)cc1. The Labute approximate surface area is 123 Å². The number of amidine groups is 1. The Morgan fingerprint density at radius 2 is 1.63 bits per heavy atom. The quantitative estimate of drug-likeness (QED) is 0.669. The van der Waals surface area contributed by atoms with Crippen molar-refractivity contribution < 1.29 is 4.74 Å². The Balaban J connectivity index is 0.00000180. The van der Waals surface area contributed by atoms with E-state index in [1.165, 1.54) is 0 Å². The van der Waals surface area contributed by atoms with Crippen LogP contribution in [0.2, 0.25) is 5.02 Å². The van der Waals surface area contributed by atoms with Gasteiger partial charge in [-0.25, -0.2) is 0 Å². The van der Waals surface area contributed by atoms with E-state index in [-0.39, 0.29) is 18.2 Å². The largest absolute Gasteiger partial charge is 0.489 e. The molecule has 0 fully saturated rings. The summed E-state index contributed by atoms with van der Waals surface area (Å²) in [6.07, 6.45) is 0. The summed E-state index contributed by atoms with van der Waals surface area (Å²) in [6.45, 7) is 0.472. The highest BCUT2D eigenvalue weighted by molar-refractivity contribution is 6.30. The lowest BCUT2D eigenvalue weighted by atomic mass is 10.1. The van der Waals surface area contributed by atoms with Gasteiger partial charge in [-0.05, 0) is 29.8 Å². The summed E-state index contributed by atoms with van der Waals surface area (Å²) in [5.74, 6) is 0.843. The molecule has 0 aromatic heterocycles. The predicted octanol–water partition coefficient (Wildman–Crippen LogP) is 3.62. The molecule has 0 radical (unpaired) electrons. The Morgan fingerprint density at radius 1 is 1.05 bits per heavy atom. The van der Waals surface area contributed by atoms with Crippen molar-refractivity contribution in [2.45, 2.75) is 6.61 Å². The molecule has 0 aliphatic carbocycles. The first-order valence-corrected chi connectivity index (χ1v) is 5.84. The Kier molecular flexibility index (Phi) is 5.67.